The molecule has 1 aromatic rings. The minimum absolute atomic E-state index is 0.0536. The van der Waals surface area contributed by atoms with Gasteiger partial charge in [-0.1, -0.05) is 18.2 Å². The minimum Gasteiger partial charge on any atom is -0.491 e. The molecule has 21 heavy (non-hydrogen) atoms. The molecule has 0 aliphatic carbocycles. The lowest BCUT2D eigenvalue weighted by Crippen LogP contribution is -2.48. The Labute approximate surface area is 122 Å². The molecule has 6 nitrogen and oxygen atoms in total. The predicted molar refractivity (Wildman–Crippen MR) is 75.8 cm³/mol. The number of fused-ring (bicyclic) bond motifs is 1. The van der Waals surface area contributed by atoms with Gasteiger partial charge in [0, 0.05) is 12.0 Å². The largest absolute Gasteiger partial charge is 0.491 e. The minimum atomic E-state index is -1.15. The van der Waals surface area contributed by atoms with Gasteiger partial charge in [-0.25, -0.2) is 9.59 Å². The summed E-state index contributed by atoms with van der Waals surface area (Å²) in [7, 11) is 0. The lowest BCUT2D eigenvalue weighted by Gasteiger charge is -2.22. The molecule has 110 valence electrons. The molecule has 6 heteroatoms. The van der Waals surface area contributed by atoms with Crippen molar-refractivity contribution in [3.8, 4) is 18.1 Å². The van der Waals surface area contributed by atoms with Gasteiger partial charge in [-0.05, 0) is 6.07 Å². The van der Waals surface area contributed by atoms with Crippen LogP contribution in [0.4, 0.5) is 4.79 Å². The highest BCUT2D eigenvalue weighted by Gasteiger charge is 2.24. The molecule has 2 rings (SSSR count). The Hall–Kier alpha value is -2.68. The molecule has 0 bridgehead atoms. The Bertz CT molecular complexity index is 579. The number of carbonyl (C=O) groups excluding carboxylic acids is 1. The van der Waals surface area contributed by atoms with Crippen LogP contribution in [0.5, 0.6) is 5.75 Å². The molecule has 0 fully saturated rings. The highest BCUT2D eigenvalue weighted by atomic mass is 16.5. The molecule has 1 aromatic carbocycles. The van der Waals surface area contributed by atoms with E-state index >= 15 is 0 Å². The van der Waals surface area contributed by atoms with Crippen molar-refractivity contribution in [2.75, 3.05) is 13.2 Å². The third-order valence-electron chi connectivity index (χ3n) is 3.16. The van der Waals surface area contributed by atoms with Crippen LogP contribution in [0.3, 0.4) is 0 Å². The first-order valence-electron chi connectivity index (χ1n) is 6.54. The number of urea groups is 1. The second-order valence-electron chi connectivity index (χ2n) is 4.63. The Balaban J connectivity index is 2.06. The Kier molecular flexibility index (Phi) is 4.67. The van der Waals surface area contributed by atoms with Gasteiger partial charge in [0.1, 0.15) is 18.4 Å². The topological polar surface area (TPSA) is 78.9 Å². The maximum Gasteiger partial charge on any atom is 0.327 e. The maximum absolute atomic E-state index is 12.2. The molecule has 1 aliphatic rings. The van der Waals surface area contributed by atoms with Crippen molar-refractivity contribution in [3.63, 3.8) is 0 Å². The fraction of sp³-hybridized carbons (Fsp3) is 0.333. The average molecular weight is 288 g/mol. The number of hydrogen-bond acceptors (Lipinski definition) is 3. The second-order valence-corrected chi connectivity index (χ2v) is 4.63. The lowest BCUT2D eigenvalue weighted by atomic mass is 10.2. The number of nitrogens with zero attached hydrogens (tertiary/aromatic N) is 1. The third-order valence-corrected chi connectivity index (χ3v) is 3.16. The number of rotatable bonds is 3. The van der Waals surface area contributed by atoms with Crippen LogP contribution in [0.25, 0.3) is 0 Å². The number of nitrogens with one attached hydrogen (secondary N) is 1. The molecule has 0 radical (unpaired) electrons. The van der Waals surface area contributed by atoms with Gasteiger partial charge < -0.3 is 20.1 Å². The van der Waals surface area contributed by atoms with Gasteiger partial charge in [0.25, 0.3) is 0 Å². The zero-order valence-corrected chi connectivity index (χ0v) is 11.4. The zero-order chi connectivity index (χ0) is 15.2. The summed E-state index contributed by atoms with van der Waals surface area (Å²) < 4.78 is 5.56. The number of benzene rings is 1. The first-order valence-corrected chi connectivity index (χ1v) is 6.54. The van der Waals surface area contributed by atoms with Crippen molar-refractivity contribution in [2.24, 2.45) is 0 Å². The van der Waals surface area contributed by atoms with Gasteiger partial charge in [-0.2, -0.15) is 0 Å². The molecular weight excluding hydrogens is 272 g/mol. The van der Waals surface area contributed by atoms with Gasteiger partial charge in [-0.15, -0.1) is 12.3 Å². The molecule has 1 unspecified atom stereocenters. The summed E-state index contributed by atoms with van der Waals surface area (Å²) in [4.78, 5) is 24.7. The Morgan fingerprint density at radius 3 is 2.95 bits per heavy atom. The van der Waals surface area contributed by atoms with Crippen molar-refractivity contribution < 1.29 is 19.4 Å². The summed E-state index contributed by atoms with van der Waals surface area (Å²) in [6.07, 6.45) is 5.06. The second kappa shape index (κ2) is 6.66. The van der Waals surface area contributed by atoms with Gasteiger partial charge >= 0.3 is 12.0 Å². The Morgan fingerprint density at radius 1 is 1.48 bits per heavy atom. The molecule has 1 atom stereocenters. The summed E-state index contributed by atoms with van der Waals surface area (Å²) in [6.45, 7) is 1.10. The van der Waals surface area contributed by atoms with Crippen LogP contribution in [0.15, 0.2) is 24.3 Å². The molecule has 2 amide bonds. The summed E-state index contributed by atoms with van der Waals surface area (Å²) in [5.74, 6) is 1.84. The number of aliphatic carboxylic acids is 1. The van der Waals surface area contributed by atoms with Crippen LogP contribution in [0.1, 0.15) is 12.0 Å². The Morgan fingerprint density at radius 2 is 2.24 bits per heavy atom. The summed E-state index contributed by atoms with van der Waals surface area (Å²) in [5.41, 5.74) is 0.883. The number of carboxylic acids is 1. The van der Waals surface area contributed by atoms with Gasteiger partial charge in [0.05, 0.1) is 13.1 Å². The van der Waals surface area contributed by atoms with Gasteiger partial charge in [0.15, 0.2) is 0 Å². The quantitative estimate of drug-likeness (QED) is 0.815. The lowest BCUT2D eigenvalue weighted by molar-refractivity contribution is -0.139. The summed E-state index contributed by atoms with van der Waals surface area (Å²) in [6, 6.07) is 5.90. The maximum atomic E-state index is 12.2. The number of amides is 2. The number of carbonyl (C=O) groups is 2. The van der Waals surface area contributed by atoms with E-state index < -0.39 is 18.0 Å². The van der Waals surface area contributed by atoms with Gasteiger partial charge in [0.2, 0.25) is 0 Å². The predicted octanol–water partition coefficient (Wildman–Crippen LogP) is 1.07. The number of ether oxygens (including phenoxy) is 1. The van der Waals surface area contributed by atoms with Crippen LogP contribution >= 0.6 is 0 Å². The van der Waals surface area contributed by atoms with Crippen molar-refractivity contribution in [1.82, 2.24) is 10.2 Å². The van der Waals surface area contributed by atoms with Crippen LogP contribution in [0, 0.1) is 12.3 Å². The van der Waals surface area contributed by atoms with Crippen molar-refractivity contribution in [2.45, 2.75) is 19.0 Å². The van der Waals surface area contributed by atoms with Crippen molar-refractivity contribution >= 4 is 12.0 Å². The van der Waals surface area contributed by atoms with Crippen molar-refractivity contribution in [1.29, 1.82) is 0 Å². The van der Waals surface area contributed by atoms with E-state index in [-0.39, 0.29) is 6.42 Å². The molecule has 0 spiro atoms. The third kappa shape index (κ3) is 3.66. The molecule has 0 saturated carbocycles. The first-order chi connectivity index (χ1) is 10.1. The molecule has 1 aliphatic heterocycles. The van der Waals surface area contributed by atoms with E-state index in [0.717, 1.165) is 11.3 Å². The standard InChI is InChI=1S/C15H16N2O4/c1-2-5-12(14(18)19)16-15(20)17-8-9-21-13-7-4-3-6-11(13)10-17/h1,3-4,6-7,12H,5,8-10H2,(H,16,20)(H,18,19). The zero-order valence-electron chi connectivity index (χ0n) is 11.4. The summed E-state index contributed by atoms with van der Waals surface area (Å²) >= 11 is 0. The molecular formula is C15H16N2O4. The van der Waals surface area contributed by atoms with E-state index in [2.05, 4.69) is 11.2 Å². The van der Waals surface area contributed by atoms with Crippen LogP contribution in [-0.4, -0.2) is 41.2 Å². The normalized spacial score (nSPS) is 14.9. The molecule has 0 saturated heterocycles. The number of para-hydroxylation sites is 1. The highest BCUT2D eigenvalue weighted by Crippen LogP contribution is 2.22. The van der Waals surface area contributed by atoms with E-state index in [1.165, 1.54) is 4.90 Å². The number of hydrogen-bond donors (Lipinski definition) is 2. The smallest absolute Gasteiger partial charge is 0.327 e. The SMILES string of the molecule is C#CCC(NC(=O)N1CCOc2ccccc2C1)C(=O)O. The van der Waals surface area contributed by atoms with E-state index in [1.54, 1.807) is 0 Å². The fourth-order valence-electron chi connectivity index (χ4n) is 2.06. The van der Waals surface area contributed by atoms with Crippen LogP contribution in [0.2, 0.25) is 0 Å². The van der Waals surface area contributed by atoms with E-state index in [0.29, 0.717) is 19.7 Å². The van der Waals surface area contributed by atoms with E-state index in [9.17, 15) is 9.59 Å². The average Bonchev–Trinajstić information content (AvgIpc) is 2.68. The highest BCUT2D eigenvalue weighted by molar-refractivity contribution is 5.82. The van der Waals surface area contributed by atoms with E-state index in [4.69, 9.17) is 16.3 Å². The van der Waals surface area contributed by atoms with Crippen molar-refractivity contribution in [3.05, 3.63) is 29.8 Å². The summed E-state index contributed by atoms with van der Waals surface area (Å²) in [5, 5.41) is 11.4. The van der Waals surface area contributed by atoms with Crippen LogP contribution in [-0.2, 0) is 11.3 Å². The van der Waals surface area contributed by atoms with Crippen LogP contribution < -0.4 is 10.1 Å². The fourth-order valence-corrected chi connectivity index (χ4v) is 2.06. The molecule has 1 heterocycles. The van der Waals surface area contributed by atoms with E-state index in [1.807, 2.05) is 24.3 Å². The first kappa shape index (κ1) is 14.7. The molecule has 0 aromatic heterocycles. The number of carboxylic acid groups (broad SMARTS) is 1. The monoisotopic (exact) mass is 288 g/mol. The molecule has 2 N–H and O–H groups in total. The van der Waals surface area contributed by atoms with Gasteiger partial charge in [-0.3, -0.25) is 0 Å². The number of terminal acetylenes is 1.